The topological polar surface area (TPSA) is 58.2 Å². The fourth-order valence-electron chi connectivity index (χ4n) is 3.72. The van der Waals surface area contributed by atoms with E-state index in [4.69, 9.17) is 0 Å². The summed E-state index contributed by atoms with van der Waals surface area (Å²) in [6.45, 7) is 12.1. The normalized spacial score (nSPS) is 36.6. The molecule has 1 amide bonds. The summed E-state index contributed by atoms with van der Waals surface area (Å²) in [5.41, 5.74) is 4.52. The van der Waals surface area contributed by atoms with Crippen molar-refractivity contribution in [1.82, 2.24) is 10.9 Å². The minimum Gasteiger partial charge on any atom is -0.299 e. The summed E-state index contributed by atoms with van der Waals surface area (Å²) in [6.07, 6.45) is 2.01. The molecule has 0 spiro atoms. The van der Waals surface area contributed by atoms with Crippen molar-refractivity contribution in [2.45, 2.75) is 66.3 Å². The van der Waals surface area contributed by atoms with E-state index in [0.29, 0.717) is 6.42 Å². The summed E-state index contributed by atoms with van der Waals surface area (Å²) in [6, 6.07) is 0. The predicted molar refractivity (Wildman–Crippen MR) is 74.2 cm³/mol. The lowest BCUT2D eigenvalue weighted by Gasteiger charge is -2.39. The first-order chi connectivity index (χ1) is 8.46. The lowest BCUT2D eigenvalue weighted by atomic mass is 9.64. The van der Waals surface area contributed by atoms with Crippen LogP contribution in [0.5, 0.6) is 0 Å². The van der Waals surface area contributed by atoms with Crippen LogP contribution in [-0.4, -0.2) is 17.2 Å². The Morgan fingerprint density at radius 3 is 2.11 bits per heavy atom. The molecule has 2 saturated carbocycles. The summed E-state index contributed by atoms with van der Waals surface area (Å²) in [5.74, 6) is 0.219. The number of carbonyl (C=O) groups is 2. The lowest BCUT2D eigenvalue weighted by molar-refractivity contribution is -0.138. The van der Waals surface area contributed by atoms with Crippen LogP contribution in [0.3, 0.4) is 0 Å². The van der Waals surface area contributed by atoms with Crippen molar-refractivity contribution in [3.8, 4) is 0 Å². The first-order valence-corrected chi connectivity index (χ1v) is 7.07. The quantitative estimate of drug-likeness (QED) is 0.753. The minimum atomic E-state index is -0.545. The van der Waals surface area contributed by atoms with E-state index < -0.39 is 5.41 Å². The van der Waals surface area contributed by atoms with Crippen molar-refractivity contribution in [3.05, 3.63) is 0 Å². The van der Waals surface area contributed by atoms with Gasteiger partial charge in [0.2, 0.25) is 5.91 Å². The zero-order valence-corrected chi connectivity index (χ0v) is 12.9. The molecule has 0 heterocycles. The summed E-state index contributed by atoms with van der Waals surface area (Å²) >= 11 is 0. The molecule has 2 fully saturated rings. The van der Waals surface area contributed by atoms with Gasteiger partial charge in [-0.25, -0.2) is 5.43 Å². The van der Waals surface area contributed by atoms with Gasteiger partial charge in [-0.05, 0) is 39.0 Å². The molecular formula is C15H26N2O2. The average molecular weight is 266 g/mol. The number of hydrogen-bond donors (Lipinski definition) is 2. The molecule has 0 radical (unpaired) electrons. The fourth-order valence-corrected chi connectivity index (χ4v) is 3.72. The van der Waals surface area contributed by atoms with E-state index in [1.165, 1.54) is 0 Å². The standard InChI is InChI=1S/C15H26N2O2/c1-12(2,3)17-16-11(19)15-8-7-14(6,10(18)9-15)13(15,4)5/h17H,7-9H2,1-6H3,(H,16,19). The second kappa shape index (κ2) is 3.81. The second-order valence-electron chi connectivity index (χ2n) is 7.97. The number of carbonyl (C=O) groups excluding carboxylic acids is 2. The number of amides is 1. The summed E-state index contributed by atoms with van der Waals surface area (Å²) < 4.78 is 0. The van der Waals surface area contributed by atoms with Gasteiger partial charge >= 0.3 is 0 Å². The Hall–Kier alpha value is -0.900. The third-order valence-electron chi connectivity index (χ3n) is 5.69. The Balaban J connectivity index is 2.25. The SMILES string of the molecule is CC(C)(C)NNC(=O)C12CCC(C)(C(=O)C1)C2(C)C. The van der Waals surface area contributed by atoms with Crippen LogP contribution in [0, 0.1) is 16.2 Å². The van der Waals surface area contributed by atoms with Gasteiger partial charge in [-0.1, -0.05) is 20.8 Å². The molecule has 108 valence electrons. The van der Waals surface area contributed by atoms with Crippen LogP contribution in [0.4, 0.5) is 0 Å². The summed E-state index contributed by atoms with van der Waals surface area (Å²) in [4.78, 5) is 24.9. The van der Waals surface area contributed by atoms with Gasteiger partial charge in [0.1, 0.15) is 5.78 Å². The Bertz CT molecular complexity index is 436. The number of nitrogens with one attached hydrogen (secondary N) is 2. The van der Waals surface area contributed by atoms with Gasteiger partial charge in [-0.3, -0.25) is 15.0 Å². The highest BCUT2D eigenvalue weighted by atomic mass is 16.2. The van der Waals surface area contributed by atoms with Crippen LogP contribution in [0.1, 0.15) is 60.8 Å². The van der Waals surface area contributed by atoms with Crippen LogP contribution in [0.25, 0.3) is 0 Å². The highest BCUT2D eigenvalue weighted by Gasteiger charge is 2.72. The molecule has 0 saturated heterocycles. The third kappa shape index (κ3) is 1.76. The number of fused-ring (bicyclic) bond motifs is 2. The van der Waals surface area contributed by atoms with E-state index in [9.17, 15) is 9.59 Å². The number of hydrogen-bond acceptors (Lipinski definition) is 3. The van der Waals surface area contributed by atoms with Crippen molar-refractivity contribution in [1.29, 1.82) is 0 Å². The maximum Gasteiger partial charge on any atom is 0.241 e. The monoisotopic (exact) mass is 266 g/mol. The zero-order valence-electron chi connectivity index (χ0n) is 12.9. The van der Waals surface area contributed by atoms with Crippen LogP contribution in [0.2, 0.25) is 0 Å². The fraction of sp³-hybridized carbons (Fsp3) is 0.867. The van der Waals surface area contributed by atoms with E-state index in [-0.39, 0.29) is 28.1 Å². The van der Waals surface area contributed by atoms with Crippen molar-refractivity contribution >= 4 is 11.7 Å². The van der Waals surface area contributed by atoms with Gasteiger partial charge in [-0.2, -0.15) is 0 Å². The van der Waals surface area contributed by atoms with Crippen molar-refractivity contribution in [2.75, 3.05) is 0 Å². The maximum absolute atomic E-state index is 12.6. The number of Topliss-reactive ketones (excluding diaryl/α,β-unsaturated/α-hetero) is 1. The van der Waals surface area contributed by atoms with Crippen molar-refractivity contribution < 1.29 is 9.59 Å². The molecule has 2 aliphatic carbocycles. The molecule has 19 heavy (non-hydrogen) atoms. The highest BCUT2D eigenvalue weighted by Crippen LogP contribution is 2.70. The third-order valence-corrected chi connectivity index (χ3v) is 5.69. The second-order valence-corrected chi connectivity index (χ2v) is 7.97. The average Bonchev–Trinajstić information content (AvgIpc) is 2.55. The molecule has 0 aromatic heterocycles. The predicted octanol–water partition coefficient (Wildman–Crippen LogP) is 2.19. The smallest absolute Gasteiger partial charge is 0.241 e. The minimum absolute atomic E-state index is 0.0259. The number of ketones is 1. The van der Waals surface area contributed by atoms with Gasteiger partial charge in [0.25, 0.3) is 0 Å². The number of hydrazine groups is 1. The van der Waals surface area contributed by atoms with Crippen molar-refractivity contribution in [2.24, 2.45) is 16.2 Å². The summed E-state index contributed by atoms with van der Waals surface area (Å²) in [5, 5.41) is 0. The first kappa shape index (κ1) is 14.5. The van der Waals surface area contributed by atoms with Crippen LogP contribution >= 0.6 is 0 Å². The van der Waals surface area contributed by atoms with Crippen LogP contribution < -0.4 is 10.9 Å². The molecule has 2 rings (SSSR count). The van der Waals surface area contributed by atoms with E-state index in [0.717, 1.165) is 12.8 Å². The van der Waals surface area contributed by atoms with Gasteiger partial charge in [-0.15, -0.1) is 0 Å². The molecule has 0 aromatic carbocycles. The Morgan fingerprint density at radius 1 is 1.16 bits per heavy atom. The Morgan fingerprint density at radius 2 is 1.74 bits per heavy atom. The molecule has 2 aliphatic rings. The van der Waals surface area contributed by atoms with Crippen molar-refractivity contribution in [3.63, 3.8) is 0 Å². The maximum atomic E-state index is 12.6. The van der Waals surface area contributed by atoms with Gasteiger partial charge in [0, 0.05) is 17.4 Å². The molecule has 2 atom stereocenters. The number of rotatable bonds is 2. The first-order valence-electron chi connectivity index (χ1n) is 7.07. The molecule has 2 unspecified atom stereocenters. The van der Waals surface area contributed by atoms with E-state index in [1.807, 2.05) is 27.7 Å². The highest BCUT2D eigenvalue weighted by molar-refractivity contribution is 5.99. The molecular weight excluding hydrogens is 240 g/mol. The Kier molecular flexibility index (Phi) is 2.91. The van der Waals surface area contributed by atoms with Gasteiger partial charge < -0.3 is 0 Å². The Labute approximate surface area is 115 Å². The lowest BCUT2D eigenvalue weighted by Crippen LogP contribution is -2.55. The van der Waals surface area contributed by atoms with E-state index in [2.05, 4.69) is 24.7 Å². The molecule has 2 N–H and O–H groups in total. The van der Waals surface area contributed by atoms with Gasteiger partial charge in [0.05, 0.1) is 5.41 Å². The molecule has 2 bridgehead atoms. The molecule has 0 aromatic rings. The largest absolute Gasteiger partial charge is 0.299 e. The molecule has 0 aliphatic heterocycles. The van der Waals surface area contributed by atoms with E-state index >= 15 is 0 Å². The summed E-state index contributed by atoms with van der Waals surface area (Å²) in [7, 11) is 0. The zero-order chi connectivity index (χ0) is 14.7. The van der Waals surface area contributed by atoms with Crippen LogP contribution in [0.15, 0.2) is 0 Å². The van der Waals surface area contributed by atoms with E-state index in [1.54, 1.807) is 0 Å². The van der Waals surface area contributed by atoms with Crippen LogP contribution in [-0.2, 0) is 9.59 Å². The molecule has 4 heteroatoms. The molecule has 4 nitrogen and oxygen atoms in total. The van der Waals surface area contributed by atoms with Gasteiger partial charge in [0.15, 0.2) is 0 Å².